The summed E-state index contributed by atoms with van der Waals surface area (Å²) in [6.45, 7) is 1.06. The first-order valence-corrected chi connectivity index (χ1v) is 7.37. The van der Waals surface area contributed by atoms with Gasteiger partial charge in [0.05, 0.1) is 18.5 Å². The van der Waals surface area contributed by atoms with Crippen LogP contribution in [-0.4, -0.2) is 42.0 Å². The summed E-state index contributed by atoms with van der Waals surface area (Å²) in [6.07, 6.45) is 2.80. The van der Waals surface area contributed by atoms with Gasteiger partial charge in [-0.15, -0.1) is 0 Å². The number of carbonyl (C=O) groups excluding carboxylic acids is 2. The summed E-state index contributed by atoms with van der Waals surface area (Å²) < 4.78 is 4.73. The van der Waals surface area contributed by atoms with E-state index in [1.54, 1.807) is 11.1 Å². The number of hydrogen-bond donors (Lipinski definition) is 0. The summed E-state index contributed by atoms with van der Waals surface area (Å²) in [5.74, 6) is -0.606. The molecule has 3 rings (SSSR count). The van der Waals surface area contributed by atoms with Crippen LogP contribution in [0.15, 0.2) is 36.5 Å². The van der Waals surface area contributed by atoms with Crippen molar-refractivity contribution in [3.05, 3.63) is 42.1 Å². The molecular weight excluding hydrogens is 280 g/mol. The number of nitrogens with zero attached hydrogens (tertiary/aromatic N) is 2. The molecule has 1 aromatic carbocycles. The highest BCUT2D eigenvalue weighted by Crippen LogP contribution is 2.21. The zero-order valence-electron chi connectivity index (χ0n) is 12.5. The number of fused-ring (bicyclic) bond motifs is 1. The molecular formula is C17H18N2O3. The van der Waals surface area contributed by atoms with Crippen LogP contribution in [0.2, 0.25) is 0 Å². The maximum Gasteiger partial charge on any atom is 0.310 e. The van der Waals surface area contributed by atoms with Crippen molar-refractivity contribution in [1.82, 2.24) is 9.88 Å². The first-order valence-electron chi connectivity index (χ1n) is 7.37. The molecule has 5 heteroatoms. The minimum absolute atomic E-state index is 0.0220. The lowest BCUT2D eigenvalue weighted by Gasteiger charge is -2.16. The van der Waals surface area contributed by atoms with E-state index < -0.39 is 0 Å². The number of rotatable bonds is 4. The van der Waals surface area contributed by atoms with Crippen LogP contribution in [0.1, 0.15) is 12.0 Å². The lowest BCUT2D eigenvalue weighted by molar-refractivity contribution is -0.145. The van der Waals surface area contributed by atoms with Crippen molar-refractivity contribution in [3.8, 4) is 0 Å². The van der Waals surface area contributed by atoms with Crippen LogP contribution in [0.25, 0.3) is 10.9 Å². The fourth-order valence-electron chi connectivity index (χ4n) is 2.94. The Morgan fingerprint density at radius 2 is 2.18 bits per heavy atom. The van der Waals surface area contributed by atoms with Crippen LogP contribution >= 0.6 is 0 Å². The van der Waals surface area contributed by atoms with Crippen molar-refractivity contribution >= 4 is 22.8 Å². The first-order chi connectivity index (χ1) is 10.7. The van der Waals surface area contributed by atoms with Crippen LogP contribution in [0.4, 0.5) is 0 Å². The molecule has 0 bridgehead atoms. The molecule has 0 N–H and O–H groups in total. The molecule has 114 valence electrons. The van der Waals surface area contributed by atoms with E-state index in [-0.39, 0.29) is 24.2 Å². The Bertz CT molecular complexity index is 709. The van der Waals surface area contributed by atoms with Gasteiger partial charge in [0.15, 0.2) is 0 Å². The van der Waals surface area contributed by atoms with E-state index in [0.29, 0.717) is 13.1 Å². The van der Waals surface area contributed by atoms with Crippen LogP contribution in [0, 0.1) is 5.92 Å². The highest BCUT2D eigenvalue weighted by atomic mass is 16.5. The molecule has 0 spiro atoms. The predicted octanol–water partition coefficient (Wildman–Crippen LogP) is 1.80. The van der Waals surface area contributed by atoms with Crippen molar-refractivity contribution in [2.24, 2.45) is 5.92 Å². The average molecular weight is 298 g/mol. The van der Waals surface area contributed by atoms with Gasteiger partial charge in [-0.1, -0.05) is 18.2 Å². The van der Waals surface area contributed by atoms with E-state index in [9.17, 15) is 9.59 Å². The fourth-order valence-corrected chi connectivity index (χ4v) is 2.94. The highest BCUT2D eigenvalue weighted by molar-refractivity contribution is 5.87. The summed E-state index contributed by atoms with van der Waals surface area (Å²) in [7, 11) is 1.36. The zero-order chi connectivity index (χ0) is 15.5. The second kappa shape index (κ2) is 6.13. The Morgan fingerprint density at radius 1 is 1.36 bits per heavy atom. The molecule has 1 aromatic heterocycles. The van der Waals surface area contributed by atoms with Crippen molar-refractivity contribution in [3.63, 3.8) is 0 Å². The molecule has 1 unspecified atom stereocenters. The van der Waals surface area contributed by atoms with Crippen LogP contribution in [-0.2, 0) is 20.7 Å². The number of esters is 1. The summed E-state index contributed by atoms with van der Waals surface area (Å²) in [5.41, 5.74) is 2.13. The van der Waals surface area contributed by atoms with Gasteiger partial charge in [-0.3, -0.25) is 14.6 Å². The Hall–Kier alpha value is -2.43. The van der Waals surface area contributed by atoms with Gasteiger partial charge in [-0.2, -0.15) is 0 Å². The second-order valence-corrected chi connectivity index (χ2v) is 5.50. The third-order valence-corrected chi connectivity index (χ3v) is 4.14. The Balaban J connectivity index is 1.70. The SMILES string of the molecule is COC(=O)C1CC(=O)N(CCc2ccnc3ccccc23)C1. The Kier molecular flexibility index (Phi) is 4.04. The van der Waals surface area contributed by atoms with E-state index in [0.717, 1.165) is 17.3 Å². The molecule has 2 heterocycles. The Labute approximate surface area is 128 Å². The van der Waals surface area contributed by atoms with E-state index in [1.807, 2.05) is 30.3 Å². The summed E-state index contributed by atoms with van der Waals surface area (Å²) in [6, 6.07) is 9.96. The van der Waals surface area contributed by atoms with Crippen molar-refractivity contribution in [2.75, 3.05) is 20.2 Å². The molecule has 1 fully saturated rings. The number of carbonyl (C=O) groups is 2. The third kappa shape index (κ3) is 2.79. The van der Waals surface area contributed by atoms with E-state index in [2.05, 4.69) is 4.98 Å². The lowest BCUT2D eigenvalue weighted by Crippen LogP contribution is -2.28. The number of hydrogen-bond acceptors (Lipinski definition) is 4. The van der Waals surface area contributed by atoms with Gasteiger partial charge in [0.1, 0.15) is 0 Å². The summed E-state index contributed by atoms with van der Waals surface area (Å²) in [4.78, 5) is 29.6. The second-order valence-electron chi connectivity index (χ2n) is 5.50. The average Bonchev–Trinajstić information content (AvgIpc) is 2.93. The maximum atomic E-state index is 12.0. The molecule has 5 nitrogen and oxygen atoms in total. The molecule has 1 amide bonds. The summed E-state index contributed by atoms with van der Waals surface area (Å²) >= 11 is 0. The van der Waals surface area contributed by atoms with Crippen LogP contribution in [0.3, 0.4) is 0 Å². The smallest absolute Gasteiger partial charge is 0.310 e. The molecule has 0 radical (unpaired) electrons. The van der Waals surface area contributed by atoms with E-state index in [1.165, 1.54) is 12.7 Å². The van der Waals surface area contributed by atoms with Gasteiger partial charge in [0.2, 0.25) is 5.91 Å². The van der Waals surface area contributed by atoms with Gasteiger partial charge in [0, 0.05) is 31.1 Å². The lowest BCUT2D eigenvalue weighted by atomic mass is 10.1. The number of benzene rings is 1. The minimum atomic E-state index is -0.327. The third-order valence-electron chi connectivity index (χ3n) is 4.14. The van der Waals surface area contributed by atoms with Gasteiger partial charge in [-0.25, -0.2) is 0 Å². The fraction of sp³-hybridized carbons (Fsp3) is 0.353. The van der Waals surface area contributed by atoms with Crippen molar-refractivity contribution in [2.45, 2.75) is 12.8 Å². The van der Waals surface area contributed by atoms with Crippen LogP contribution in [0.5, 0.6) is 0 Å². The first kappa shape index (κ1) is 14.5. The van der Waals surface area contributed by atoms with Gasteiger partial charge in [0.25, 0.3) is 0 Å². The number of ether oxygens (including phenoxy) is 1. The van der Waals surface area contributed by atoms with Crippen molar-refractivity contribution in [1.29, 1.82) is 0 Å². The topological polar surface area (TPSA) is 59.5 Å². The molecule has 0 saturated carbocycles. The number of aromatic nitrogens is 1. The summed E-state index contributed by atoms with van der Waals surface area (Å²) in [5, 5.41) is 1.11. The predicted molar refractivity (Wildman–Crippen MR) is 82.2 cm³/mol. The van der Waals surface area contributed by atoms with Gasteiger partial charge >= 0.3 is 5.97 Å². The quantitative estimate of drug-likeness (QED) is 0.808. The monoisotopic (exact) mass is 298 g/mol. The molecule has 1 aliphatic heterocycles. The molecule has 2 aromatic rings. The highest BCUT2D eigenvalue weighted by Gasteiger charge is 2.34. The van der Waals surface area contributed by atoms with Gasteiger partial charge in [-0.05, 0) is 24.1 Å². The molecule has 0 aliphatic carbocycles. The number of pyridine rings is 1. The number of amides is 1. The largest absolute Gasteiger partial charge is 0.469 e. The van der Waals surface area contributed by atoms with Gasteiger partial charge < -0.3 is 9.64 Å². The number of methoxy groups -OCH3 is 1. The number of likely N-dealkylation sites (tertiary alicyclic amines) is 1. The maximum absolute atomic E-state index is 12.0. The normalized spacial score (nSPS) is 18.0. The zero-order valence-corrected chi connectivity index (χ0v) is 12.5. The van der Waals surface area contributed by atoms with E-state index in [4.69, 9.17) is 4.74 Å². The van der Waals surface area contributed by atoms with Crippen LogP contribution < -0.4 is 0 Å². The molecule has 1 aliphatic rings. The standard InChI is InChI=1S/C17H18N2O3/c1-22-17(21)13-10-16(20)19(11-13)9-7-12-6-8-18-15-5-3-2-4-14(12)15/h2-6,8,13H,7,9-11H2,1H3. The molecule has 22 heavy (non-hydrogen) atoms. The molecule has 1 saturated heterocycles. The number of para-hydroxylation sites is 1. The molecule has 1 atom stereocenters. The minimum Gasteiger partial charge on any atom is -0.469 e. The van der Waals surface area contributed by atoms with Crippen molar-refractivity contribution < 1.29 is 14.3 Å². The Morgan fingerprint density at radius 3 is 3.00 bits per heavy atom. The van der Waals surface area contributed by atoms with E-state index >= 15 is 0 Å².